The van der Waals surface area contributed by atoms with Crippen molar-refractivity contribution in [1.29, 1.82) is 0 Å². The first-order valence-electron chi connectivity index (χ1n) is 11.4. The lowest BCUT2D eigenvalue weighted by atomic mass is 9.89. The molecule has 1 spiro atoms. The lowest BCUT2D eigenvalue weighted by Crippen LogP contribution is -2.50. The van der Waals surface area contributed by atoms with Crippen molar-refractivity contribution >= 4 is 11.7 Å². The summed E-state index contributed by atoms with van der Waals surface area (Å²) in [4.78, 5) is 27.1. The van der Waals surface area contributed by atoms with Gasteiger partial charge in [-0.2, -0.15) is 0 Å². The maximum atomic E-state index is 13.6. The molecule has 3 aromatic rings. The monoisotopic (exact) mass is 426 g/mol. The summed E-state index contributed by atoms with van der Waals surface area (Å²) in [5.74, 6) is 1.80. The average Bonchev–Trinajstić information content (AvgIpc) is 3.39. The van der Waals surface area contributed by atoms with E-state index in [9.17, 15) is 4.79 Å². The molecular weight excluding hydrogens is 400 g/mol. The summed E-state index contributed by atoms with van der Waals surface area (Å²) in [6, 6.07) is 22.4. The standard InChI is InChI=1S/C26H26N4O2/c31-25-26(32-23-12-11-21(30(23)25)19-7-3-1-4-8-19)14-17-29(18-15-26)22-13-16-27-24(28-22)20-9-5-2-6-10-20/h1-10,13,16,21,23H,11-12,14-15,17-18H2/t21-,23?/m0/s1. The number of piperidine rings is 1. The van der Waals surface area contributed by atoms with Crippen molar-refractivity contribution in [1.82, 2.24) is 14.9 Å². The Hall–Kier alpha value is -3.25. The molecule has 3 aliphatic heterocycles. The number of rotatable bonds is 3. The van der Waals surface area contributed by atoms with Crippen molar-refractivity contribution in [2.24, 2.45) is 0 Å². The summed E-state index contributed by atoms with van der Waals surface area (Å²) >= 11 is 0. The zero-order valence-corrected chi connectivity index (χ0v) is 17.9. The first-order valence-corrected chi connectivity index (χ1v) is 11.4. The second-order valence-electron chi connectivity index (χ2n) is 8.87. The van der Waals surface area contributed by atoms with E-state index in [-0.39, 0.29) is 18.2 Å². The topological polar surface area (TPSA) is 58.6 Å². The molecule has 0 bridgehead atoms. The van der Waals surface area contributed by atoms with E-state index >= 15 is 0 Å². The third kappa shape index (κ3) is 3.17. The molecule has 3 aliphatic rings. The highest BCUT2D eigenvalue weighted by molar-refractivity contribution is 5.88. The van der Waals surface area contributed by atoms with Crippen LogP contribution in [0.15, 0.2) is 72.9 Å². The van der Waals surface area contributed by atoms with Gasteiger partial charge < -0.3 is 14.5 Å². The maximum absolute atomic E-state index is 13.6. The Morgan fingerprint density at radius 2 is 1.62 bits per heavy atom. The van der Waals surface area contributed by atoms with Gasteiger partial charge in [-0.25, -0.2) is 9.97 Å². The molecule has 0 N–H and O–H groups in total. The smallest absolute Gasteiger partial charge is 0.257 e. The van der Waals surface area contributed by atoms with Crippen LogP contribution < -0.4 is 4.90 Å². The molecule has 162 valence electrons. The molecular formula is C26H26N4O2. The Bertz CT molecular complexity index is 1110. The predicted molar refractivity (Wildman–Crippen MR) is 122 cm³/mol. The highest BCUT2D eigenvalue weighted by atomic mass is 16.6. The first kappa shape index (κ1) is 19.4. The quantitative estimate of drug-likeness (QED) is 0.628. The number of hydrogen-bond donors (Lipinski definition) is 0. The van der Waals surface area contributed by atoms with Crippen LogP contribution in [0.1, 0.15) is 37.3 Å². The molecule has 0 saturated carbocycles. The zero-order valence-electron chi connectivity index (χ0n) is 17.9. The second kappa shape index (κ2) is 7.71. The van der Waals surface area contributed by atoms with Crippen LogP contribution in [0.5, 0.6) is 0 Å². The number of hydrogen-bond acceptors (Lipinski definition) is 5. The molecule has 0 aliphatic carbocycles. The van der Waals surface area contributed by atoms with Gasteiger partial charge in [0.25, 0.3) is 5.91 Å². The number of nitrogens with zero attached hydrogens (tertiary/aromatic N) is 4. The van der Waals surface area contributed by atoms with Gasteiger partial charge in [-0.15, -0.1) is 0 Å². The van der Waals surface area contributed by atoms with Crippen molar-refractivity contribution in [3.8, 4) is 11.4 Å². The maximum Gasteiger partial charge on any atom is 0.257 e. The van der Waals surface area contributed by atoms with Crippen molar-refractivity contribution in [3.63, 3.8) is 0 Å². The van der Waals surface area contributed by atoms with Crippen molar-refractivity contribution < 1.29 is 9.53 Å². The fourth-order valence-electron chi connectivity index (χ4n) is 5.40. The van der Waals surface area contributed by atoms with Gasteiger partial charge in [0.1, 0.15) is 12.0 Å². The molecule has 3 saturated heterocycles. The summed E-state index contributed by atoms with van der Waals surface area (Å²) in [6.07, 6.45) is 4.96. The van der Waals surface area contributed by atoms with Crippen LogP contribution in [0.3, 0.4) is 0 Å². The van der Waals surface area contributed by atoms with E-state index in [0.717, 1.165) is 43.1 Å². The van der Waals surface area contributed by atoms with Gasteiger partial charge in [-0.1, -0.05) is 60.7 Å². The van der Waals surface area contributed by atoms with Crippen LogP contribution in [0, 0.1) is 0 Å². The summed E-state index contributed by atoms with van der Waals surface area (Å²) in [6.45, 7) is 1.49. The van der Waals surface area contributed by atoms with E-state index in [2.05, 4.69) is 22.0 Å². The van der Waals surface area contributed by atoms with Gasteiger partial charge in [-0.05, 0) is 24.5 Å². The predicted octanol–water partition coefficient (Wildman–Crippen LogP) is 4.20. The first-order chi connectivity index (χ1) is 15.7. The molecule has 4 heterocycles. The molecule has 6 nitrogen and oxygen atoms in total. The Balaban J connectivity index is 1.18. The van der Waals surface area contributed by atoms with E-state index in [1.54, 1.807) is 0 Å². The normalized spacial score (nSPS) is 24.2. The van der Waals surface area contributed by atoms with Gasteiger partial charge in [0.15, 0.2) is 11.4 Å². The Labute approximate surface area is 187 Å². The largest absolute Gasteiger partial charge is 0.356 e. The van der Waals surface area contributed by atoms with Crippen LogP contribution >= 0.6 is 0 Å². The highest BCUT2D eigenvalue weighted by Gasteiger charge is 2.57. The highest BCUT2D eigenvalue weighted by Crippen LogP contribution is 2.47. The molecule has 3 fully saturated rings. The summed E-state index contributed by atoms with van der Waals surface area (Å²) in [7, 11) is 0. The Morgan fingerprint density at radius 3 is 2.38 bits per heavy atom. The van der Waals surface area contributed by atoms with Gasteiger partial charge >= 0.3 is 0 Å². The van der Waals surface area contributed by atoms with Gasteiger partial charge in [0.05, 0.1) is 6.04 Å². The Morgan fingerprint density at radius 1 is 0.906 bits per heavy atom. The fraction of sp³-hybridized carbons (Fsp3) is 0.346. The molecule has 2 aromatic carbocycles. The van der Waals surface area contributed by atoms with Crippen LogP contribution in [0.2, 0.25) is 0 Å². The molecule has 6 heteroatoms. The van der Waals surface area contributed by atoms with Crippen LogP contribution in [-0.4, -0.2) is 45.7 Å². The lowest BCUT2D eigenvalue weighted by molar-refractivity contribution is -0.140. The lowest BCUT2D eigenvalue weighted by Gasteiger charge is -2.38. The average molecular weight is 427 g/mol. The van der Waals surface area contributed by atoms with E-state index in [1.165, 1.54) is 5.56 Å². The van der Waals surface area contributed by atoms with E-state index in [4.69, 9.17) is 9.72 Å². The second-order valence-corrected chi connectivity index (χ2v) is 8.87. The van der Waals surface area contributed by atoms with Crippen LogP contribution in [0.4, 0.5) is 5.82 Å². The molecule has 6 rings (SSSR count). The number of benzene rings is 2. The molecule has 1 aromatic heterocycles. The van der Waals surface area contributed by atoms with E-state index in [0.29, 0.717) is 12.8 Å². The summed E-state index contributed by atoms with van der Waals surface area (Å²) in [5.41, 5.74) is 1.52. The van der Waals surface area contributed by atoms with Crippen LogP contribution in [0.25, 0.3) is 11.4 Å². The van der Waals surface area contributed by atoms with E-state index in [1.807, 2.05) is 65.7 Å². The number of carbonyl (C=O) groups is 1. The molecule has 0 radical (unpaired) electrons. The Kier molecular flexibility index (Phi) is 4.68. The minimum absolute atomic E-state index is 0.0945. The van der Waals surface area contributed by atoms with Crippen molar-refractivity contribution in [2.45, 2.75) is 43.6 Å². The van der Waals surface area contributed by atoms with Crippen LogP contribution in [-0.2, 0) is 9.53 Å². The molecule has 1 amide bonds. The number of amides is 1. The zero-order chi connectivity index (χ0) is 21.5. The van der Waals surface area contributed by atoms with Gasteiger partial charge in [-0.3, -0.25) is 4.79 Å². The number of ether oxygens (including phenoxy) is 1. The number of aromatic nitrogens is 2. The number of carbonyl (C=O) groups excluding carboxylic acids is 1. The number of anilines is 1. The molecule has 32 heavy (non-hydrogen) atoms. The van der Waals surface area contributed by atoms with Crippen molar-refractivity contribution in [2.75, 3.05) is 18.0 Å². The third-order valence-corrected chi connectivity index (χ3v) is 7.07. The van der Waals surface area contributed by atoms with Crippen molar-refractivity contribution in [3.05, 3.63) is 78.5 Å². The molecule has 1 unspecified atom stereocenters. The third-order valence-electron chi connectivity index (χ3n) is 7.07. The minimum atomic E-state index is -0.691. The summed E-state index contributed by atoms with van der Waals surface area (Å²) < 4.78 is 6.47. The fourth-order valence-corrected chi connectivity index (χ4v) is 5.40. The summed E-state index contributed by atoms with van der Waals surface area (Å²) in [5, 5.41) is 0. The SMILES string of the molecule is O=C1N2C(CC[C@H]2c2ccccc2)OC12CCN(c1ccnc(-c3ccccc3)n1)CC2. The minimum Gasteiger partial charge on any atom is -0.356 e. The van der Waals surface area contributed by atoms with Gasteiger partial charge in [0.2, 0.25) is 0 Å². The number of fused-ring (bicyclic) bond motifs is 1. The van der Waals surface area contributed by atoms with Gasteiger partial charge in [0, 0.05) is 37.7 Å². The molecule has 2 atom stereocenters. The van der Waals surface area contributed by atoms with E-state index < -0.39 is 5.60 Å².